The Hall–Kier alpha value is -2.17. The monoisotopic (exact) mass is 338 g/mol. The second-order valence-electron chi connectivity index (χ2n) is 8.22. The second-order valence-corrected chi connectivity index (χ2v) is 8.22. The molecule has 4 rings (SSSR count). The third-order valence-electron chi connectivity index (χ3n) is 5.13. The van der Waals surface area contributed by atoms with Crippen LogP contribution >= 0.6 is 0 Å². The molecule has 1 amide bonds. The lowest BCUT2D eigenvalue weighted by atomic mass is 10.1. The normalized spacial score (nSPS) is 20.9. The van der Waals surface area contributed by atoms with Crippen LogP contribution in [0.5, 0.6) is 0 Å². The highest BCUT2D eigenvalue weighted by Crippen LogP contribution is 2.42. The molecule has 0 spiro atoms. The van der Waals surface area contributed by atoms with E-state index in [0.29, 0.717) is 11.6 Å². The third-order valence-corrected chi connectivity index (χ3v) is 5.13. The molecule has 2 aromatic rings. The van der Waals surface area contributed by atoms with Crippen molar-refractivity contribution in [3.8, 4) is 0 Å². The van der Waals surface area contributed by atoms with Gasteiger partial charge in [0.15, 0.2) is 5.69 Å². The van der Waals surface area contributed by atoms with Gasteiger partial charge in [-0.1, -0.05) is 6.07 Å². The highest BCUT2D eigenvalue weighted by Gasteiger charge is 2.36. The van der Waals surface area contributed by atoms with E-state index < -0.39 is 0 Å². The van der Waals surface area contributed by atoms with E-state index in [0.717, 1.165) is 25.1 Å². The smallest absolute Gasteiger partial charge is 0.274 e. The molecule has 2 aromatic heterocycles. The Labute approximate surface area is 149 Å². The summed E-state index contributed by atoms with van der Waals surface area (Å²) in [5, 5.41) is 4.72. The van der Waals surface area contributed by atoms with Crippen LogP contribution in [0.15, 0.2) is 30.5 Å². The van der Waals surface area contributed by atoms with Gasteiger partial charge < -0.3 is 4.90 Å². The van der Waals surface area contributed by atoms with Crippen LogP contribution in [0, 0.1) is 0 Å². The van der Waals surface area contributed by atoms with E-state index in [1.807, 2.05) is 29.2 Å². The summed E-state index contributed by atoms with van der Waals surface area (Å²) >= 11 is 0. The van der Waals surface area contributed by atoms with E-state index >= 15 is 0 Å². The standard InChI is InChI=1S/C20H26N4O/c1-20(2,3)24-18(14-9-10-14)13-16(22-24)19(25)23-12-6-8-17(23)15-7-4-5-11-21-15/h4-5,7,11,13-14,17H,6,8-10,12H2,1-3H3. The van der Waals surface area contributed by atoms with Crippen molar-refractivity contribution in [2.24, 2.45) is 0 Å². The molecule has 3 heterocycles. The van der Waals surface area contributed by atoms with Gasteiger partial charge in [-0.15, -0.1) is 0 Å². The lowest BCUT2D eigenvalue weighted by Gasteiger charge is -2.24. The van der Waals surface area contributed by atoms with Crippen LogP contribution in [0.4, 0.5) is 0 Å². The number of carbonyl (C=O) groups is 1. The summed E-state index contributed by atoms with van der Waals surface area (Å²) in [5.41, 5.74) is 2.66. The number of amides is 1. The Morgan fingerprint density at radius 2 is 2.00 bits per heavy atom. The number of hydrogen-bond acceptors (Lipinski definition) is 3. The Morgan fingerprint density at radius 1 is 1.20 bits per heavy atom. The molecule has 25 heavy (non-hydrogen) atoms. The van der Waals surface area contributed by atoms with E-state index in [-0.39, 0.29) is 17.5 Å². The summed E-state index contributed by atoms with van der Waals surface area (Å²) in [6, 6.07) is 8.01. The fourth-order valence-corrected chi connectivity index (χ4v) is 3.74. The summed E-state index contributed by atoms with van der Waals surface area (Å²) in [7, 11) is 0. The van der Waals surface area contributed by atoms with Gasteiger partial charge >= 0.3 is 0 Å². The van der Waals surface area contributed by atoms with E-state index in [4.69, 9.17) is 5.10 Å². The van der Waals surface area contributed by atoms with Crippen molar-refractivity contribution in [1.82, 2.24) is 19.7 Å². The average molecular weight is 338 g/mol. The number of pyridine rings is 1. The first kappa shape index (κ1) is 16.3. The van der Waals surface area contributed by atoms with Crippen LogP contribution in [0.1, 0.15) is 80.3 Å². The number of aromatic nitrogens is 3. The first-order chi connectivity index (χ1) is 11.9. The molecule has 1 aliphatic heterocycles. The zero-order valence-electron chi connectivity index (χ0n) is 15.3. The fraction of sp³-hybridized carbons (Fsp3) is 0.550. The first-order valence-electron chi connectivity index (χ1n) is 9.27. The molecule has 5 nitrogen and oxygen atoms in total. The highest BCUT2D eigenvalue weighted by atomic mass is 16.2. The molecule has 132 valence electrons. The second kappa shape index (κ2) is 5.97. The van der Waals surface area contributed by atoms with Gasteiger partial charge in [0, 0.05) is 24.4 Å². The molecule has 1 saturated carbocycles. The molecule has 1 aliphatic carbocycles. The predicted molar refractivity (Wildman–Crippen MR) is 96.4 cm³/mol. The van der Waals surface area contributed by atoms with Crippen LogP contribution in [0.3, 0.4) is 0 Å². The van der Waals surface area contributed by atoms with Crippen LogP contribution in [0.2, 0.25) is 0 Å². The molecule has 1 atom stereocenters. The van der Waals surface area contributed by atoms with Gasteiger partial charge in [-0.05, 0) is 64.7 Å². The van der Waals surface area contributed by atoms with Crippen molar-refractivity contribution in [2.75, 3.05) is 6.54 Å². The van der Waals surface area contributed by atoms with Crippen molar-refractivity contribution in [3.63, 3.8) is 0 Å². The quantitative estimate of drug-likeness (QED) is 0.853. The Morgan fingerprint density at radius 3 is 2.64 bits per heavy atom. The van der Waals surface area contributed by atoms with E-state index in [2.05, 4.69) is 30.4 Å². The van der Waals surface area contributed by atoms with E-state index in [1.54, 1.807) is 6.20 Å². The van der Waals surface area contributed by atoms with Gasteiger partial charge in [-0.2, -0.15) is 5.10 Å². The average Bonchev–Trinajstić information content (AvgIpc) is 3.14. The van der Waals surface area contributed by atoms with E-state index in [1.165, 1.54) is 18.5 Å². The highest BCUT2D eigenvalue weighted by molar-refractivity contribution is 5.93. The summed E-state index contributed by atoms with van der Waals surface area (Å²) in [5.74, 6) is 0.608. The number of rotatable bonds is 3. The van der Waals surface area contributed by atoms with Crippen molar-refractivity contribution in [1.29, 1.82) is 0 Å². The molecule has 0 N–H and O–H groups in total. The SMILES string of the molecule is CC(C)(C)n1nc(C(=O)N2CCCC2c2ccccn2)cc1C1CC1. The number of carbonyl (C=O) groups excluding carboxylic acids is 1. The Kier molecular flexibility index (Phi) is 3.89. The summed E-state index contributed by atoms with van der Waals surface area (Å²) in [4.78, 5) is 19.6. The summed E-state index contributed by atoms with van der Waals surface area (Å²) in [6.07, 6.45) is 6.20. The van der Waals surface area contributed by atoms with Crippen molar-refractivity contribution in [3.05, 3.63) is 47.5 Å². The maximum Gasteiger partial charge on any atom is 0.274 e. The van der Waals surface area contributed by atoms with Gasteiger partial charge in [-0.3, -0.25) is 14.5 Å². The molecular weight excluding hydrogens is 312 g/mol. The van der Waals surface area contributed by atoms with Gasteiger partial charge in [0.1, 0.15) is 0 Å². The zero-order chi connectivity index (χ0) is 17.6. The van der Waals surface area contributed by atoms with Crippen LogP contribution in [-0.2, 0) is 5.54 Å². The molecule has 0 bridgehead atoms. The third kappa shape index (κ3) is 3.08. The maximum atomic E-state index is 13.2. The topological polar surface area (TPSA) is 51.0 Å². The van der Waals surface area contributed by atoms with Gasteiger partial charge in [-0.25, -0.2) is 0 Å². The molecule has 5 heteroatoms. The first-order valence-corrected chi connectivity index (χ1v) is 9.27. The lowest BCUT2D eigenvalue weighted by Crippen LogP contribution is -2.32. The number of nitrogens with zero attached hydrogens (tertiary/aromatic N) is 4. The van der Waals surface area contributed by atoms with Crippen LogP contribution < -0.4 is 0 Å². The minimum atomic E-state index is -0.109. The van der Waals surface area contributed by atoms with Crippen molar-refractivity contribution < 1.29 is 4.79 Å². The lowest BCUT2D eigenvalue weighted by molar-refractivity contribution is 0.0725. The molecule has 2 aliphatic rings. The molecule has 0 radical (unpaired) electrons. The molecule has 1 saturated heterocycles. The largest absolute Gasteiger partial charge is 0.329 e. The predicted octanol–water partition coefficient (Wildman–Crippen LogP) is 3.89. The van der Waals surface area contributed by atoms with Crippen LogP contribution in [-0.4, -0.2) is 32.1 Å². The summed E-state index contributed by atoms with van der Waals surface area (Å²) in [6.45, 7) is 7.22. The molecular formula is C20H26N4O. The maximum absolute atomic E-state index is 13.2. The van der Waals surface area contributed by atoms with Crippen LogP contribution in [0.25, 0.3) is 0 Å². The molecule has 1 unspecified atom stereocenters. The van der Waals surface area contributed by atoms with Crippen molar-refractivity contribution >= 4 is 5.91 Å². The van der Waals surface area contributed by atoms with Gasteiger partial charge in [0.05, 0.1) is 17.3 Å². The number of likely N-dealkylation sites (tertiary alicyclic amines) is 1. The van der Waals surface area contributed by atoms with Gasteiger partial charge in [0.2, 0.25) is 0 Å². The molecule has 0 aromatic carbocycles. The minimum absolute atomic E-state index is 0.0399. The summed E-state index contributed by atoms with van der Waals surface area (Å²) < 4.78 is 2.06. The fourth-order valence-electron chi connectivity index (χ4n) is 3.74. The Bertz CT molecular complexity index is 771. The molecule has 2 fully saturated rings. The van der Waals surface area contributed by atoms with Crippen molar-refractivity contribution in [2.45, 2.75) is 64.0 Å². The Balaban J connectivity index is 1.64. The van der Waals surface area contributed by atoms with Gasteiger partial charge in [0.25, 0.3) is 5.91 Å². The van der Waals surface area contributed by atoms with E-state index in [9.17, 15) is 4.79 Å². The number of hydrogen-bond donors (Lipinski definition) is 0. The minimum Gasteiger partial charge on any atom is -0.329 e. The zero-order valence-corrected chi connectivity index (χ0v) is 15.3.